The highest BCUT2D eigenvalue weighted by Gasteiger charge is 2.20. The van der Waals surface area contributed by atoms with Crippen LogP contribution in [0.3, 0.4) is 0 Å². The number of hydrogen-bond acceptors (Lipinski definition) is 1. The predicted octanol–water partition coefficient (Wildman–Crippen LogP) is 4.81. The molecule has 102 valence electrons. The molecule has 0 aliphatic heterocycles. The first kappa shape index (κ1) is 15.5. The summed E-state index contributed by atoms with van der Waals surface area (Å²) in [6.45, 7) is 11.9. The Labute approximate surface area is 115 Å². The normalized spacial score (nSPS) is 15.5. The van der Waals surface area contributed by atoms with Gasteiger partial charge in [0.15, 0.2) is 0 Å². The second-order valence-electron chi connectivity index (χ2n) is 6.07. The third-order valence-corrected chi connectivity index (χ3v) is 3.94. The zero-order chi connectivity index (χ0) is 13.9. The van der Waals surface area contributed by atoms with E-state index in [2.05, 4.69) is 39.9 Å². The summed E-state index contributed by atoms with van der Waals surface area (Å²) in [5, 5.41) is 3.66. The molecule has 0 saturated heterocycles. The van der Waals surface area contributed by atoms with Crippen LogP contribution in [-0.2, 0) is 0 Å². The average molecular weight is 272 g/mol. The van der Waals surface area contributed by atoms with Gasteiger partial charge < -0.3 is 5.32 Å². The van der Waals surface area contributed by atoms with Gasteiger partial charge in [0.25, 0.3) is 0 Å². The minimum atomic E-state index is -0.365. The number of hydrogen-bond donors (Lipinski definition) is 1. The Morgan fingerprint density at radius 2 is 1.89 bits per heavy atom. The Kier molecular flexibility index (Phi) is 5.18. The second-order valence-corrected chi connectivity index (χ2v) is 6.48. The minimum absolute atomic E-state index is 0.174. The van der Waals surface area contributed by atoms with Gasteiger partial charge in [0.1, 0.15) is 5.82 Å². The fraction of sp³-hybridized carbons (Fsp3) is 0.600. The van der Waals surface area contributed by atoms with Crippen molar-refractivity contribution in [1.29, 1.82) is 0 Å². The molecule has 0 aliphatic carbocycles. The molecule has 2 unspecified atom stereocenters. The van der Waals surface area contributed by atoms with E-state index >= 15 is 0 Å². The van der Waals surface area contributed by atoms with Gasteiger partial charge in [-0.25, -0.2) is 4.39 Å². The molecule has 0 amide bonds. The monoisotopic (exact) mass is 271 g/mol. The first-order chi connectivity index (χ1) is 8.21. The quantitative estimate of drug-likeness (QED) is 0.828. The number of halogens is 2. The van der Waals surface area contributed by atoms with Gasteiger partial charge in [-0.2, -0.15) is 0 Å². The molecule has 2 atom stereocenters. The summed E-state index contributed by atoms with van der Waals surface area (Å²) in [6.07, 6.45) is 0. The van der Waals surface area contributed by atoms with E-state index in [1.807, 2.05) is 0 Å². The third-order valence-electron chi connectivity index (χ3n) is 3.65. The molecule has 0 radical (unpaired) electrons. The van der Waals surface area contributed by atoms with Crippen LogP contribution in [0.4, 0.5) is 4.39 Å². The number of rotatable bonds is 4. The molecule has 1 aromatic carbocycles. The van der Waals surface area contributed by atoms with E-state index in [-0.39, 0.29) is 22.3 Å². The van der Waals surface area contributed by atoms with E-state index < -0.39 is 0 Å². The van der Waals surface area contributed by atoms with Crippen LogP contribution >= 0.6 is 11.6 Å². The summed E-state index contributed by atoms with van der Waals surface area (Å²) in [5.74, 6) is 0.201. The highest BCUT2D eigenvalue weighted by atomic mass is 35.5. The zero-order valence-corrected chi connectivity index (χ0v) is 12.6. The first-order valence-corrected chi connectivity index (χ1v) is 6.78. The summed E-state index contributed by atoms with van der Waals surface area (Å²) >= 11 is 5.79. The molecule has 0 bridgehead atoms. The van der Waals surface area contributed by atoms with Gasteiger partial charge >= 0.3 is 0 Å². The molecular weight excluding hydrogens is 249 g/mol. The summed E-state index contributed by atoms with van der Waals surface area (Å²) < 4.78 is 13.1. The van der Waals surface area contributed by atoms with Crippen LogP contribution in [0.15, 0.2) is 18.2 Å². The highest BCUT2D eigenvalue weighted by Crippen LogP contribution is 2.26. The maximum Gasteiger partial charge on any atom is 0.141 e. The SMILES string of the molecule is CC(NCC(C)C(C)(C)C)c1ccc(F)c(Cl)c1. The Morgan fingerprint density at radius 1 is 1.28 bits per heavy atom. The van der Waals surface area contributed by atoms with Crippen molar-refractivity contribution in [2.24, 2.45) is 11.3 Å². The van der Waals surface area contributed by atoms with Crippen LogP contribution < -0.4 is 5.32 Å². The van der Waals surface area contributed by atoms with E-state index in [9.17, 15) is 4.39 Å². The van der Waals surface area contributed by atoms with Gasteiger partial charge in [-0.1, -0.05) is 45.4 Å². The van der Waals surface area contributed by atoms with Crippen LogP contribution in [0.1, 0.15) is 46.2 Å². The Hall–Kier alpha value is -0.600. The molecule has 0 spiro atoms. The fourth-order valence-electron chi connectivity index (χ4n) is 1.56. The van der Waals surface area contributed by atoms with Crippen molar-refractivity contribution in [1.82, 2.24) is 5.32 Å². The fourth-order valence-corrected chi connectivity index (χ4v) is 1.75. The lowest BCUT2D eigenvalue weighted by atomic mass is 9.82. The summed E-state index contributed by atoms with van der Waals surface area (Å²) in [7, 11) is 0. The lowest BCUT2D eigenvalue weighted by Crippen LogP contribution is -2.31. The van der Waals surface area contributed by atoms with E-state index in [1.165, 1.54) is 6.07 Å². The Balaban J connectivity index is 2.60. The van der Waals surface area contributed by atoms with Crippen LogP contribution in [-0.4, -0.2) is 6.54 Å². The molecule has 18 heavy (non-hydrogen) atoms. The van der Waals surface area contributed by atoms with E-state index in [0.717, 1.165) is 12.1 Å². The van der Waals surface area contributed by atoms with Gasteiger partial charge in [0.2, 0.25) is 0 Å². The highest BCUT2D eigenvalue weighted by molar-refractivity contribution is 6.30. The third kappa shape index (κ3) is 4.25. The van der Waals surface area contributed by atoms with Gasteiger partial charge in [-0.15, -0.1) is 0 Å². The maximum atomic E-state index is 13.1. The van der Waals surface area contributed by atoms with Crippen molar-refractivity contribution in [3.63, 3.8) is 0 Å². The smallest absolute Gasteiger partial charge is 0.141 e. The van der Waals surface area contributed by atoms with Crippen molar-refractivity contribution in [2.75, 3.05) is 6.54 Å². The molecule has 1 aromatic rings. The molecule has 0 aromatic heterocycles. The second kappa shape index (κ2) is 6.03. The van der Waals surface area contributed by atoms with Crippen molar-refractivity contribution in [3.05, 3.63) is 34.6 Å². The lowest BCUT2D eigenvalue weighted by molar-refractivity contribution is 0.247. The van der Waals surface area contributed by atoms with E-state index in [1.54, 1.807) is 12.1 Å². The molecule has 0 fully saturated rings. The predicted molar refractivity (Wildman–Crippen MR) is 76.4 cm³/mol. The van der Waals surface area contributed by atoms with Crippen LogP contribution in [0.5, 0.6) is 0 Å². The minimum Gasteiger partial charge on any atom is -0.310 e. The van der Waals surface area contributed by atoms with E-state index in [0.29, 0.717) is 5.92 Å². The van der Waals surface area contributed by atoms with Crippen LogP contribution in [0.25, 0.3) is 0 Å². The van der Waals surface area contributed by atoms with Gasteiger partial charge in [0.05, 0.1) is 5.02 Å². The van der Waals surface area contributed by atoms with Crippen LogP contribution in [0, 0.1) is 17.2 Å². The molecule has 1 nitrogen and oxygen atoms in total. The van der Waals surface area contributed by atoms with Crippen molar-refractivity contribution in [2.45, 2.75) is 40.7 Å². The largest absolute Gasteiger partial charge is 0.310 e. The summed E-state index contributed by atoms with van der Waals surface area (Å²) in [4.78, 5) is 0. The molecule has 3 heteroatoms. The average Bonchev–Trinajstić information content (AvgIpc) is 2.27. The van der Waals surface area contributed by atoms with E-state index in [4.69, 9.17) is 11.6 Å². The Bertz CT molecular complexity index is 398. The van der Waals surface area contributed by atoms with Crippen molar-refractivity contribution < 1.29 is 4.39 Å². The summed E-state index contributed by atoms with van der Waals surface area (Å²) in [5.41, 5.74) is 1.30. The Morgan fingerprint density at radius 3 is 2.39 bits per heavy atom. The van der Waals surface area contributed by atoms with Gasteiger partial charge in [-0.3, -0.25) is 0 Å². The topological polar surface area (TPSA) is 12.0 Å². The molecule has 0 aliphatic rings. The number of nitrogens with one attached hydrogen (secondary N) is 1. The molecular formula is C15H23ClFN. The van der Waals surface area contributed by atoms with Gasteiger partial charge in [-0.05, 0) is 42.5 Å². The van der Waals surface area contributed by atoms with Gasteiger partial charge in [0, 0.05) is 6.04 Å². The molecule has 1 rings (SSSR count). The summed E-state index contributed by atoms with van der Waals surface area (Å²) in [6, 6.07) is 5.06. The molecule has 0 saturated carbocycles. The first-order valence-electron chi connectivity index (χ1n) is 6.40. The zero-order valence-electron chi connectivity index (χ0n) is 11.8. The van der Waals surface area contributed by atoms with Crippen molar-refractivity contribution in [3.8, 4) is 0 Å². The number of benzene rings is 1. The van der Waals surface area contributed by atoms with Crippen LogP contribution in [0.2, 0.25) is 5.02 Å². The maximum absolute atomic E-state index is 13.1. The molecule has 0 heterocycles. The molecule has 1 N–H and O–H groups in total. The van der Waals surface area contributed by atoms with Crippen molar-refractivity contribution >= 4 is 11.6 Å². The lowest BCUT2D eigenvalue weighted by Gasteiger charge is -2.29. The standard InChI is InChI=1S/C15H23ClFN/c1-10(15(3,4)5)9-18-11(2)12-6-7-14(17)13(16)8-12/h6-8,10-11,18H,9H2,1-5H3.